The molecule has 3 heterocycles. The summed E-state index contributed by atoms with van der Waals surface area (Å²) >= 11 is 1.38. The summed E-state index contributed by atoms with van der Waals surface area (Å²) in [5, 5.41) is 17.4. The van der Waals surface area contributed by atoms with Crippen molar-refractivity contribution in [2.45, 2.75) is 32.1 Å². The molecule has 160 valence electrons. The van der Waals surface area contributed by atoms with Gasteiger partial charge in [0.05, 0.1) is 12.6 Å². The zero-order chi connectivity index (χ0) is 21.2. The van der Waals surface area contributed by atoms with Crippen molar-refractivity contribution in [3.63, 3.8) is 0 Å². The van der Waals surface area contributed by atoms with Crippen LogP contribution in [0.3, 0.4) is 0 Å². The first kappa shape index (κ1) is 22.2. The number of ether oxygens (including phenoxy) is 1. The smallest absolute Gasteiger partial charge is 0.270 e. The molecule has 1 fully saturated rings. The van der Waals surface area contributed by atoms with Gasteiger partial charge in [0.2, 0.25) is 0 Å². The number of hydrogen-bond donors (Lipinski definition) is 2. The number of carbonyl (C=O) groups excluding carboxylic acids is 1. The summed E-state index contributed by atoms with van der Waals surface area (Å²) in [4.78, 5) is 23.5. The molecule has 0 aliphatic carbocycles. The fourth-order valence-corrected chi connectivity index (χ4v) is 4.14. The highest BCUT2D eigenvalue weighted by Crippen LogP contribution is 2.27. The molecule has 1 aliphatic heterocycles. The number of anilines is 2. The summed E-state index contributed by atoms with van der Waals surface area (Å²) < 4.78 is 5.26. The molecule has 2 aromatic heterocycles. The number of nitrogens with one attached hydrogen (secondary N) is 2. The van der Waals surface area contributed by atoms with E-state index in [1.165, 1.54) is 11.3 Å². The molecular formula is C21H28N6O2S. The van der Waals surface area contributed by atoms with Crippen LogP contribution >= 0.6 is 11.3 Å². The van der Waals surface area contributed by atoms with E-state index >= 15 is 0 Å². The van der Waals surface area contributed by atoms with E-state index < -0.39 is 0 Å². The second-order valence-corrected chi connectivity index (χ2v) is 8.01. The third-order valence-electron chi connectivity index (χ3n) is 4.92. The van der Waals surface area contributed by atoms with E-state index in [1.807, 2.05) is 25.1 Å². The van der Waals surface area contributed by atoms with Gasteiger partial charge < -0.3 is 15.4 Å². The van der Waals surface area contributed by atoms with E-state index in [0.29, 0.717) is 48.9 Å². The lowest BCUT2D eigenvalue weighted by Crippen LogP contribution is -2.34. The predicted octanol–water partition coefficient (Wildman–Crippen LogP) is 3.14. The Hall–Kier alpha value is -2.54. The SMILES string of the molecule is CCOCCCNC(=O)c1csc(Nc2cccc([C@H]3CCCN(CC#N)C3)n2)n1. The third-order valence-corrected chi connectivity index (χ3v) is 5.67. The van der Waals surface area contributed by atoms with Crippen LogP contribution in [0.25, 0.3) is 0 Å². The molecule has 30 heavy (non-hydrogen) atoms. The molecule has 1 aliphatic rings. The Kier molecular flexibility index (Phi) is 8.56. The summed E-state index contributed by atoms with van der Waals surface area (Å²) in [5.41, 5.74) is 1.42. The first-order valence-electron chi connectivity index (χ1n) is 10.3. The largest absolute Gasteiger partial charge is 0.382 e. The van der Waals surface area contributed by atoms with Crippen molar-refractivity contribution >= 4 is 28.2 Å². The zero-order valence-electron chi connectivity index (χ0n) is 17.3. The van der Waals surface area contributed by atoms with E-state index in [0.717, 1.165) is 38.0 Å². The number of nitrogens with zero attached hydrogens (tertiary/aromatic N) is 4. The number of hydrogen-bond acceptors (Lipinski definition) is 8. The molecule has 0 saturated carbocycles. The molecule has 1 atom stereocenters. The van der Waals surface area contributed by atoms with Gasteiger partial charge in [-0.2, -0.15) is 5.26 Å². The number of likely N-dealkylation sites (tertiary alicyclic amines) is 1. The predicted molar refractivity (Wildman–Crippen MR) is 117 cm³/mol. The quantitative estimate of drug-likeness (QED) is 0.443. The van der Waals surface area contributed by atoms with Crippen LogP contribution in [0.2, 0.25) is 0 Å². The molecule has 8 nitrogen and oxygen atoms in total. The molecule has 2 N–H and O–H groups in total. The number of piperidine rings is 1. The Labute approximate surface area is 181 Å². The van der Waals surface area contributed by atoms with Gasteiger partial charge >= 0.3 is 0 Å². The van der Waals surface area contributed by atoms with Crippen LogP contribution in [0.4, 0.5) is 10.9 Å². The first-order valence-corrected chi connectivity index (χ1v) is 11.2. The topological polar surface area (TPSA) is 103 Å². The van der Waals surface area contributed by atoms with Crippen LogP contribution in [-0.2, 0) is 4.74 Å². The number of aromatic nitrogens is 2. The standard InChI is InChI=1S/C21H28N6O2S/c1-2-29-13-5-10-23-20(28)18-15-30-21(25-18)26-19-8-3-7-17(24-19)16-6-4-11-27(14-16)12-9-22/h3,7-8,15-16H,2,4-6,10-14H2,1H3,(H,23,28)(H,24,25,26)/t16-/m0/s1. The molecule has 0 aromatic carbocycles. The summed E-state index contributed by atoms with van der Waals surface area (Å²) in [5.74, 6) is 0.850. The molecule has 0 unspecified atom stereocenters. The van der Waals surface area contributed by atoms with Gasteiger partial charge in [0.15, 0.2) is 5.13 Å². The lowest BCUT2D eigenvalue weighted by atomic mass is 9.94. The minimum Gasteiger partial charge on any atom is -0.382 e. The van der Waals surface area contributed by atoms with Crippen molar-refractivity contribution in [3.05, 3.63) is 35.0 Å². The van der Waals surface area contributed by atoms with Gasteiger partial charge in [0.25, 0.3) is 5.91 Å². The average molecular weight is 429 g/mol. The molecule has 1 amide bonds. The van der Waals surface area contributed by atoms with E-state index in [9.17, 15) is 4.79 Å². The van der Waals surface area contributed by atoms with Crippen LogP contribution in [0.15, 0.2) is 23.6 Å². The van der Waals surface area contributed by atoms with Crippen molar-refractivity contribution in [2.24, 2.45) is 0 Å². The fraction of sp³-hybridized carbons (Fsp3) is 0.524. The summed E-state index contributed by atoms with van der Waals surface area (Å²) in [6.45, 7) is 6.12. The molecule has 0 bridgehead atoms. The molecule has 3 rings (SSSR count). The van der Waals surface area contributed by atoms with Gasteiger partial charge in [0, 0.05) is 43.3 Å². The Balaban J connectivity index is 1.55. The number of rotatable bonds is 10. The second-order valence-electron chi connectivity index (χ2n) is 7.15. The minimum absolute atomic E-state index is 0.183. The first-order chi connectivity index (χ1) is 14.7. The maximum atomic E-state index is 12.2. The van der Waals surface area contributed by atoms with Crippen LogP contribution in [0.1, 0.15) is 48.3 Å². The number of nitriles is 1. The van der Waals surface area contributed by atoms with Gasteiger partial charge in [-0.1, -0.05) is 6.07 Å². The van der Waals surface area contributed by atoms with Crippen molar-refractivity contribution in [3.8, 4) is 6.07 Å². The van der Waals surface area contributed by atoms with E-state index in [4.69, 9.17) is 15.0 Å². The fourth-order valence-electron chi connectivity index (χ4n) is 3.45. The van der Waals surface area contributed by atoms with Crippen molar-refractivity contribution in [2.75, 3.05) is 44.7 Å². The number of pyridine rings is 1. The van der Waals surface area contributed by atoms with Gasteiger partial charge in [-0.05, 0) is 44.9 Å². The molecule has 9 heteroatoms. The van der Waals surface area contributed by atoms with Gasteiger partial charge in [-0.15, -0.1) is 11.3 Å². The monoisotopic (exact) mass is 428 g/mol. The van der Waals surface area contributed by atoms with E-state index in [-0.39, 0.29) is 5.91 Å². The zero-order valence-corrected chi connectivity index (χ0v) is 18.1. The maximum Gasteiger partial charge on any atom is 0.270 e. The van der Waals surface area contributed by atoms with Crippen molar-refractivity contribution in [1.29, 1.82) is 5.26 Å². The van der Waals surface area contributed by atoms with Crippen LogP contribution in [0, 0.1) is 11.3 Å². The Bertz CT molecular complexity index is 865. The van der Waals surface area contributed by atoms with E-state index in [1.54, 1.807) is 5.38 Å². The third kappa shape index (κ3) is 6.49. The highest BCUT2D eigenvalue weighted by Gasteiger charge is 2.22. The Morgan fingerprint density at radius 3 is 3.17 bits per heavy atom. The molecule has 0 radical (unpaired) electrons. The molecular weight excluding hydrogens is 400 g/mol. The maximum absolute atomic E-state index is 12.2. The average Bonchev–Trinajstić information content (AvgIpc) is 3.23. The second kappa shape index (κ2) is 11.6. The van der Waals surface area contributed by atoms with Crippen LogP contribution in [-0.4, -0.2) is 60.2 Å². The van der Waals surface area contributed by atoms with E-state index in [2.05, 4.69) is 26.6 Å². The van der Waals surface area contributed by atoms with Gasteiger partial charge in [-0.3, -0.25) is 9.69 Å². The molecule has 0 spiro atoms. The normalized spacial score (nSPS) is 16.7. The lowest BCUT2D eigenvalue weighted by molar-refractivity contribution is 0.0940. The summed E-state index contributed by atoms with van der Waals surface area (Å²) in [6, 6.07) is 8.15. The van der Waals surface area contributed by atoms with Crippen LogP contribution in [0.5, 0.6) is 0 Å². The molecule has 2 aromatic rings. The number of carbonyl (C=O) groups is 1. The Morgan fingerprint density at radius 2 is 2.33 bits per heavy atom. The summed E-state index contributed by atoms with van der Waals surface area (Å²) in [7, 11) is 0. The Morgan fingerprint density at radius 1 is 1.43 bits per heavy atom. The number of amides is 1. The van der Waals surface area contributed by atoms with Gasteiger partial charge in [0.1, 0.15) is 11.5 Å². The summed E-state index contributed by atoms with van der Waals surface area (Å²) in [6.07, 6.45) is 2.92. The highest BCUT2D eigenvalue weighted by molar-refractivity contribution is 7.14. The van der Waals surface area contributed by atoms with Crippen molar-refractivity contribution in [1.82, 2.24) is 20.2 Å². The van der Waals surface area contributed by atoms with Crippen LogP contribution < -0.4 is 10.6 Å². The van der Waals surface area contributed by atoms with Gasteiger partial charge in [-0.25, -0.2) is 9.97 Å². The molecule has 1 saturated heterocycles. The number of thiazole rings is 1. The minimum atomic E-state index is -0.183. The van der Waals surface area contributed by atoms with Crippen molar-refractivity contribution < 1.29 is 9.53 Å². The lowest BCUT2D eigenvalue weighted by Gasteiger charge is -2.30. The highest BCUT2D eigenvalue weighted by atomic mass is 32.1.